The number of likely N-dealkylation sites (N-methyl/N-ethyl adjacent to an activating group) is 1. The number of halogens is 1. The molecule has 1 aromatic carbocycles. The summed E-state index contributed by atoms with van der Waals surface area (Å²) in [5, 5.41) is 0. The highest BCUT2D eigenvalue weighted by atomic mass is 79.9. The summed E-state index contributed by atoms with van der Waals surface area (Å²) in [6.45, 7) is 3.41. The Balaban J connectivity index is 2.05. The van der Waals surface area contributed by atoms with Crippen LogP contribution >= 0.6 is 15.9 Å². The number of pyridine rings is 1. The highest BCUT2D eigenvalue weighted by molar-refractivity contribution is 9.10. The maximum Gasteiger partial charge on any atom is 0.254 e. The minimum Gasteiger partial charge on any atom is -0.339 e. The van der Waals surface area contributed by atoms with E-state index >= 15 is 0 Å². The molecule has 0 fully saturated rings. The van der Waals surface area contributed by atoms with Gasteiger partial charge in [-0.2, -0.15) is 0 Å². The predicted molar refractivity (Wildman–Crippen MR) is 83.7 cm³/mol. The fraction of sp³-hybridized carbons (Fsp3) is 0.250. The molecule has 0 radical (unpaired) electrons. The Hall–Kier alpha value is -1.68. The Morgan fingerprint density at radius 3 is 2.55 bits per heavy atom. The molecule has 0 N–H and O–H groups in total. The van der Waals surface area contributed by atoms with E-state index in [4.69, 9.17) is 0 Å². The number of rotatable bonds is 5. The molecular formula is C16H17BrN2O. The minimum absolute atomic E-state index is 0.0639. The molecule has 104 valence electrons. The van der Waals surface area contributed by atoms with Crippen molar-refractivity contribution in [2.75, 3.05) is 13.1 Å². The topological polar surface area (TPSA) is 33.2 Å². The number of aromatic nitrogens is 1. The molecule has 20 heavy (non-hydrogen) atoms. The van der Waals surface area contributed by atoms with Gasteiger partial charge >= 0.3 is 0 Å². The van der Waals surface area contributed by atoms with Crippen LogP contribution in [0.5, 0.6) is 0 Å². The van der Waals surface area contributed by atoms with Crippen molar-refractivity contribution in [1.82, 2.24) is 9.88 Å². The van der Waals surface area contributed by atoms with Gasteiger partial charge in [-0.3, -0.25) is 9.78 Å². The quantitative estimate of drug-likeness (QED) is 0.838. The summed E-state index contributed by atoms with van der Waals surface area (Å²) in [5.41, 5.74) is 1.91. The van der Waals surface area contributed by atoms with Crippen LogP contribution in [-0.2, 0) is 6.42 Å². The molecule has 0 spiro atoms. The third-order valence-corrected chi connectivity index (χ3v) is 3.88. The second kappa shape index (κ2) is 7.20. The van der Waals surface area contributed by atoms with Crippen molar-refractivity contribution in [3.05, 3.63) is 64.4 Å². The zero-order chi connectivity index (χ0) is 14.4. The molecule has 2 rings (SSSR count). The van der Waals surface area contributed by atoms with Crippen molar-refractivity contribution in [1.29, 1.82) is 0 Å². The lowest BCUT2D eigenvalue weighted by molar-refractivity contribution is 0.0765. The predicted octanol–water partition coefficient (Wildman–Crippen LogP) is 3.55. The van der Waals surface area contributed by atoms with Crippen molar-refractivity contribution in [2.45, 2.75) is 13.3 Å². The summed E-state index contributed by atoms with van der Waals surface area (Å²) in [6.07, 6.45) is 4.40. The molecule has 3 nitrogen and oxygen atoms in total. The molecule has 0 aliphatic carbocycles. The summed E-state index contributed by atoms with van der Waals surface area (Å²) in [4.78, 5) is 18.4. The van der Waals surface area contributed by atoms with Crippen molar-refractivity contribution < 1.29 is 4.79 Å². The van der Waals surface area contributed by atoms with Gasteiger partial charge in [-0.25, -0.2) is 0 Å². The molecule has 1 amide bonds. The molecule has 0 aliphatic heterocycles. The third-order valence-electron chi connectivity index (χ3n) is 3.19. The number of carbonyl (C=O) groups excluding carboxylic acids is 1. The molecule has 0 unspecified atom stereocenters. The molecule has 0 saturated carbocycles. The van der Waals surface area contributed by atoms with Crippen LogP contribution < -0.4 is 0 Å². The van der Waals surface area contributed by atoms with E-state index in [0.717, 1.165) is 10.9 Å². The average Bonchev–Trinajstić information content (AvgIpc) is 2.49. The van der Waals surface area contributed by atoms with Gasteiger partial charge in [0.1, 0.15) is 0 Å². The Bertz CT molecular complexity index is 572. The van der Waals surface area contributed by atoms with Gasteiger partial charge in [-0.15, -0.1) is 0 Å². The molecule has 0 bridgehead atoms. The van der Waals surface area contributed by atoms with E-state index in [-0.39, 0.29) is 5.91 Å². The van der Waals surface area contributed by atoms with E-state index in [0.29, 0.717) is 18.7 Å². The smallest absolute Gasteiger partial charge is 0.254 e. The second-order valence-electron chi connectivity index (χ2n) is 4.47. The SMILES string of the molecule is CCN(CCc1ccncc1)C(=O)c1ccccc1Br. The van der Waals surface area contributed by atoms with E-state index in [1.54, 1.807) is 12.4 Å². The number of carbonyl (C=O) groups is 1. The zero-order valence-corrected chi connectivity index (χ0v) is 13.0. The first-order chi connectivity index (χ1) is 9.72. The molecule has 1 heterocycles. The highest BCUT2D eigenvalue weighted by Gasteiger charge is 2.16. The first-order valence-electron chi connectivity index (χ1n) is 6.65. The molecule has 2 aromatic rings. The van der Waals surface area contributed by atoms with E-state index in [1.165, 1.54) is 5.56 Å². The van der Waals surface area contributed by atoms with Gasteiger partial charge < -0.3 is 4.90 Å². The van der Waals surface area contributed by atoms with E-state index in [9.17, 15) is 4.79 Å². The molecule has 4 heteroatoms. The normalized spacial score (nSPS) is 10.3. The van der Waals surface area contributed by atoms with Gasteiger partial charge in [-0.1, -0.05) is 12.1 Å². The van der Waals surface area contributed by atoms with Crippen molar-refractivity contribution in [3.8, 4) is 0 Å². The van der Waals surface area contributed by atoms with Gasteiger partial charge in [0.25, 0.3) is 5.91 Å². The van der Waals surface area contributed by atoms with Crippen LogP contribution in [0.3, 0.4) is 0 Å². The Morgan fingerprint density at radius 2 is 1.90 bits per heavy atom. The second-order valence-corrected chi connectivity index (χ2v) is 5.32. The number of nitrogens with zero attached hydrogens (tertiary/aromatic N) is 2. The van der Waals surface area contributed by atoms with Crippen molar-refractivity contribution >= 4 is 21.8 Å². The minimum atomic E-state index is 0.0639. The van der Waals surface area contributed by atoms with Gasteiger partial charge in [0, 0.05) is 30.0 Å². The third kappa shape index (κ3) is 3.67. The number of hydrogen-bond acceptors (Lipinski definition) is 2. The standard InChI is InChI=1S/C16H17BrN2O/c1-2-19(12-9-13-7-10-18-11-8-13)16(20)14-5-3-4-6-15(14)17/h3-8,10-11H,2,9,12H2,1H3. The lowest BCUT2D eigenvalue weighted by atomic mass is 10.1. The maximum atomic E-state index is 12.5. The van der Waals surface area contributed by atoms with Gasteiger partial charge in [0.05, 0.1) is 5.56 Å². The van der Waals surface area contributed by atoms with Crippen LogP contribution in [0.4, 0.5) is 0 Å². The summed E-state index contributed by atoms with van der Waals surface area (Å²) >= 11 is 3.43. The van der Waals surface area contributed by atoms with Crippen LogP contribution in [0.15, 0.2) is 53.3 Å². The van der Waals surface area contributed by atoms with Crippen LogP contribution in [0.2, 0.25) is 0 Å². The first-order valence-corrected chi connectivity index (χ1v) is 7.44. The number of amides is 1. The van der Waals surface area contributed by atoms with E-state index < -0.39 is 0 Å². The van der Waals surface area contributed by atoms with Crippen molar-refractivity contribution in [2.24, 2.45) is 0 Å². The van der Waals surface area contributed by atoms with Gasteiger partial charge in [0.2, 0.25) is 0 Å². The molecule has 1 aromatic heterocycles. The Labute approximate surface area is 127 Å². The fourth-order valence-electron chi connectivity index (χ4n) is 2.02. The Morgan fingerprint density at radius 1 is 1.20 bits per heavy atom. The van der Waals surface area contributed by atoms with Crippen LogP contribution in [-0.4, -0.2) is 28.9 Å². The van der Waals surface area contributed by atoms with Gasteiger partial charge in [-0.05, 0) is 59.1 Å². The summed E-state index contributed by atoms with van der Waals surface area (Å²) in [6, 6.07) is 11.5. The largest absolute Gasteiger partial charge is 0.339 e. The molecule has 0 saturated heterocycles. The van der Waals surface area contributed by atoms with Crippen molar-refractivity contribution in [3.63, 3.8) is 0 Å². The first kappa shape index (κ1) is 14.7. The number of hydrogen-bond donors (Lipinski definition) is 0. The summed E-state index contributed by atoms with van der Waals surface area (Å²) < 4.78 is 0.840. The van der Waals surface area contributed by atoms with E-state index in [1.807, 2.05) is 48.2 Å². The monoisotopic (exact) mass is 332 g/mol. The zero-order valence-electron chi connectivity index (χ0n) is 11.4. The van der Waals surface area contributed by atoms with Gasteiger partial charge in [0.15, 0.2) is 0 Å². The fourth-order valence-corrected chi connectivity index (χ4v) is 2.48. The molecule has 0 atom stereocenters. The summed E-state index contributed by atoms with van der Waals surface area (Å²) in [5.74, 6) is 0.0639. The Kier molecular flexibility index (Phi) is 5.30. The highest BCUT2D eigenvalue weighted by Crippen LogP contribution is 2.18. The van der Waals surface area contributed by atoms with Crippen LogP contribution in [0.1, 0.15) is 22.8 Å². The summed E-state index contributed by atoms with van der Waals surface area (Å²) in [7, 11) is 0. The molecular weight excluding hydrogens is 316 g/mol. The van der Waals surface area contributed by atoms with Crippen LogP contribution in [0, 0.1) is 0 Å². The van der Waals surface area contributed by atoms with Crippen LogP contribution in [0.25, 0.3) is 0 Å². The lowest BCUT2D eigenvalue weighted by Gasteiger charge is -2.21. The maximum absolute atomic E-state index is 12.5. The lowest BCUT2D eigenvalue weighted by Crippen LogP contribution is -2.33. The molecule has 0 aliphatic rings. The average molecular weight is 333 g/mol. The van der Waals surface area contributed by atoms with E-state index in [2.05, 4.69) is 20.9 Å². The number of benzene rings is 1.